The monoisotopic (exact) mass is 431 g/mol. The number of thiazole rings is 1. The molecule has 0 spiro atoms. The first kappa shape index (κ1) is 21.0. The van der Waals surface area contributed by atoms with Gasteiger partial charge in [-0.15, -0.1) is 0 Å². The van der Waals surface area contributed by atoms with E-state index in [1.54, 1.807) is 11.3 Å². The molecular weight excluding hydrogens is 402 g/mol. The number of rotatable bonds is 9. The fourth-order valence-electron chi connectivity index (χ4n) is 3.80. The Balaban J connectivity index is 1.24. The molecule has 1 aromatic heterocycles. The zero-order chi connectivity index (χ0) is 20.8. The van der Waals surface area contributed by atoms with Crippen molar-refractivity contribution in [3.63, 3.8) is 0 Å². The zero-order valence-corrected chi connectivity index (χ0v) is 18.0. The van der Waals surface area contributed by atoms with E-state index in [4.69, 9.17) is 4.74 Å². The van der Waals surface area contributed by atoms with E-state index >= 15 is 0 Å². The normalized spacial score (nSPS) is 17.6. The summed E-state index contributed by atoms with van der Waals surface area (Å²) < 4.78 is 6.37. The number of aromatic nitrogens is 1. The number of benzene rings is 1. The van der Waals surface area contributed by atoms with E-state index in [1.165, 1.54) is 0 Å². The van der Waals surface area contributed by atoms with Gasteiger partial charge in [-0.25, -0.2) is 4.98 Å². The first-order valence-electron chi connectivity index (χ1n) is 10.7. The van der Waals surface area contributed by atoms with Crippen molar-refractivity contribution in [1.29, 1.82) is 0 Å². The molecule has 2 saturated heterocycles. The molecule has 2 amide bonds. The molecule has 4 rings (SSSR count). The maximum absolute atomic E-state index is 12.5. The molecule has 2 aliphatic rings. The zero-order valence-electron chi connectivity index (χ0n) is 17.2. The van der Waals surface area contributed by atoms with Gasteiger partial charge in [0.2, 0.25) is 5.91 Å². The summed E-state index contributed by atoms with van der Waals surface area (Å²) in [5.41, 5.74) is 1.54. The van der Waals surface area contributed by atoms with Gasteiger partial charge in [0.25, 0.3) is 5.91 Å². The van der Waals surface area contributed by atoms with Crippen LogP contribution in [0.2, 0.25) is 0 Å². The molecule has 30 heavy (non-hydrogen) atoms. The molecule has 0 saturated carbocycles. The van der Waals surface area contributed by atoms with Gasteiger partial charge in [0.05, 0.1) is 23.4 Å². The van der Waals surface area contributed by atoms with Gasteiger partial charge < -0.3 is 20.3 Å². The number of likely N-dealkylation sites (tertiary alicyclic amines) is 1. The Morgan fingerprint density at radius 2 is 2.03 bits per heavy atom. The first-order chi connectivity index (χ1) is 14.7. The number of nitrogens with one attached hydrogen (secondary N) is 2. The highest BCUT2D eigenvalue weighted by Crippen LogP contribution is 2.26. The summed E-state index contributed by atoms with van der Waals surface area (Å²) in [5, 5.41) is 7.23. The Bertz CT molecular complexity index is 881. The molecule has 0 unspecified atom stereocenters. The minimum absolute atomic E-state index is 0.0834. The van der Waals surface area contributed by atoms with Crippen LogP contribution in [0.4, 0.5) is 5.13 Å². The predicted molar refractivity (Wildman–Crippen MR) is 118 cm³/mol. The Hall–Kier alpha value is -2.23. The summed E-state index contributed by atoms with van der Waals surface area (Å²) in [6, 6.07) is 5.62. The third-order valence-corrected chi connectivity index (χ3v) is 6.50. The van der Waals surface area contributed by atoms with Crippen molar-refractivity contribution in [2.45, 2.75) is 19.3 Å². The molecule has 0 bridgehead atoms. The van der Waals surface area contributed by atoms with Gasteiger partial charge >= 0.3 is 0 Å². The summed E-state index contributed by atoms with van der Waals surface area (Å²) in [5.74, 6) is 0.145. The minimum Gasteiger partial charge on any atom is -0.379 e. The van der Waals surface area contributed by atoms with Crippen molar-refractivity contribution in [2.24, 2.45) is 0 Å². The lowest BCUT2D eigenvalue weighted by Gasteiger charge is -2.26. The Morgan fingerprint density at radius 3 is 2.83 bits per heavy atom. The Morgan fingerprint density at radius 1 is 1.17 bits per heavy atom. The van der Waals surface area contributed by atoms with Crippen molar-refractivity contribution in [2.75, 3.05) is 64.3 Å². The number of amides is 2. The highest BCUT2D eigenvalue weighted by molar-refractivity contribution is 7.22. The van der Waals surface area contributed by atoms with E-state index in [1.807, 2.05) is 23.1 Å². The third-order valence-electron chi connectivity index (χ3n) is 5.52. The van der Waals surface area contributed by atoms with E-state index < -0.39 is 0 Å². The predicted octanol–water partition coefficient (Wildman–Crippen LogP) is 1.78. The maximum atomic E-state index is 12.5. The summed E-state index contributed by atoms with van der Waals surface area (Å²) in [6.07, 6.45) is 2.38. The lowest BCUT2D eigenvalue weighted by atomic mass is 10.2. The van der Waals surface area contributed by atoms with Crippen LogP contribution in [-0.2, 0) is 9.53 Å². The van der Waals surface area contributed by atoms with Gasteiger partial charge in [0.1, 0.15) is 0 Å². The van der Waals surface area contributed by atoms with Gasteiger partial charge in [-0.2, -0.15) is 0 Å². The van der Waals surface area contributed by atoms with Crippen LogP contribution in [0.5, 0.6) is 0 Å². The van der Waals surface area contributed by atoms with E-state index in [2.05, 4.69) is 20.5 Å². The average molecular weight is 432 g/mol. The van der Waals surface area contributed by atoms with Gasteiger partial charge in [-0.3, -0.25) is 14.5 Å². The number of hydrogen-bond donors (Lipinski definition) is 2. The molecular formula is C21H29N5O3S. The number of anilines is 1. The van der Waals surface area contributed by atoms with Crippen molar-refractivity contribution in [3.05, 3.63) is 23.8 Å². The Kier molecular flexibility index (Phi) is 7.14. The molecule has 1 aromatic carbocycles. The largest absolute Gasteiger partial charge is 0.379 e. The quantitative estimate of drug-likeness (QED) is 0.589. The van der Waals surface area contributed by atoms with Crippen LogP contribution in [-0.4, -0.2) is 85.6 Å². The summed E-state index contributed by atoms with van der Waals surface area (Å²) in [6.45, 7) is 7.51. The lowest BCUT2D eigenvalue weighted by Crippen LogP contribution is -2.38. The van der Waals surface area contributed by atoms with Crippen molar-refractivity contribution in [3.8, 4) is 0 Å². The van der Waals surface area contributed by atoms with Crippen LogP contribution in [0, 0.1) is 0 Å². The molecule has 0 atom stereocenters. The molecule has 8 nitrogen and oxygen atoms in total. The van der Waals surface area contributed by atoms with Crippen LogP contribution < -0.4 is 10.6 Å². The van der Waals surface area contributed by atoms with E-state index in [-0.39, 0.29) is 11.8 Å². The van der Waals surface area contributed by atoms with Crippen molar-refractivity contribution in [1.82, 2.24) is 20.1 Å². The lowest BCUT2D eigenvalue weighted by molar-refractivity contribution is -0.127. The second-order valence-electron chi connectivity index (χ2n) is 7.68. The van der Waals surface area contributed by atoms with Crippen LogP contribution in [0.3, 0.4) is 0 Å². The fraction of sp³-hybridized carbons (Fsp3) is 0.571. The van der Waals surface area contributed by atoms with Gasteiger partial charge in [-0.1, -0.05) is 11.3 Å². The molecule has 162 valence electrons. The number of fused-ring (bicyclic) bond motifs is 1. The molecule has 2 fully saturated rings. The standard InChI is InChI=1S/C21H29N5O3S/c27-19-3-1-8-26(19)9-2-6-22-20(28)16-4-5-17-18(15-16)30-21(24-17)23-7-10-25-11-13-29-14-12-25/h4-5,15H,1-3,6-14H2,(H,22,28)(H,23,24). The van der Waals surface area contributed by atoms with E-state index in [0.29, 0.717) is 25.1 Å². The summed E-state index contributed by atoms with van der Waals surface area (Å²) >= 11 is 1.57. The van der Waals surface area contributed by atoms with Gasteiger partial charge in [-0.05, 0) is 31.0 Å². The fourth-order valence-corrected chi connectivity index (χ4v) is 4.73. The second-order valence-corrected chi connectivity index (χ2v) is 8.71. The molecule has 3 heterocycles. The highest BCUT2D eigenvalue weighted by Gasteiger charge is 2.19. The summed E-state index contributed by atoms with van der Waals surface area (Å²) in [7, 11) is 0. The van der Waals surface area contributed by atoms with Crippen molar-refractivity contribution >= 4 is 38.5 Å². The SMILES string of the molecule is O=C(NCCCN1CCCC1=O)c1ccc2nc(NCCN3CCOCC3)sc2c1. The van der Waals surface area contributed by atoms with Crippen LogP contribution in [0.1, 0.15) is 29.6 Å². The average Bonchev–Trinajstić information content (AvgIpc) is 3.36. The number of carbonyl (C=O) groups is 2. The number of nitrogens with zero attached hydrogens (tertiary/aromatic N) is 3. The molecule has 2 aromatic rings. The third kappa shape index (κ3) is 5.47. The van der Waals surface area contributed by atoms with Gasteiger partial charge in [0, 0.05) is 57.8 Å². The number of ether oxygens (including phenoxy) is 1. The number of carbonyl (C=O) groups excluding carboxylic acids is 2. The van der Waals surface area contributed by atoms with Crippen molar-refractivity contribution < 1.29 is 14.3 Å². The minimum atomic E-state index is -0.0834. The maximum Gasteiger partial charge on any atom is 0.251 e. The van der Waals surface area contributed by atoms with E-state index in [0.717, 1.165) is 74.1 Å². The summed E-state index contributed by atoms with van der Waals surface area (Å²) in [4.78, 5) is 33.0. The van der Waals surface area contributed by atoms with Crippen LogP contribution >= 0.6 is 11.3 Å². The van der Waals surface area contributed by atoms with Gasteiger partial charge in [0.15, 0.2) is 5.13 Å². The van der Waals surface area contributed by atoms with Crippen LogP contribution in [0.15, 0.2) is 18.2 Å². The molecule has 2 N–H and O–H groups in total. The van der Waals surface area contributed by atoms with Crippen LogP contribution in [0.25, 0.3) is 10.2 Å². The molecule has 0 radical (unpaired) electrons. The smallest absolute Gasteiger partial charge is 0.251 e. The second kappa shape index (κ2) is 10.2. The first-order valence-corrected chi connectivity index (χ1v) is 11.5. The molecule has 9 heteroatoms. The molecule has 2 aliphatic heterocycles. The molecule has 0 aliphatic carbocycles. The Labute approximate surface area is 180 Å². The number of morpholine rings is 1. The number of hydrogen-bond acceptors (Lipinski definition) is 7. The topological polar surface area (TPSA) is 86.8 Å². The highest BCUT2D eigenvalue weighted by atomic mass is 32.1. The van der Waals surface area contributed by atoms with E-state index in [9.17, 15) is 9.59 Å².